The lowest BCUT2D eigenvalue weighted by Crippen LogP contribution is -2.71. The smallest absolute Gasteiger partial charge is 0.410 e. The van der Waals surface area contributed by atoms with Crippen molar-refractivity contribution in [1.82, 2.24) is 14.7 Å². The van der Waals surface area contributed by atoms with E-state index in [2.05, 4.69) is 0 Å². The fraction of sp³-hybridized carbons (Fsp3) is 0.500. The van der Waals surface area contributed by atoms with Gasteiger partial charge >= 0.3 is 6.09 Å². The van der Waals surface area contributed by atoms with Gasteiger partial charge in [-0.2, -0.15) is 0 Å². The molecule has 0 bridgehead atoms. The molecule has 2 aromatic rings. The summed E-state index contributed by atoms with van der Waals surface area (Å²) in [7, 11) is 0. The number of nitrogens with zero attached hydrogens (tertiary/aromatic N) is 3. The van der Waals surface area contributed by atoms with E-state index >= 15 is 0 Å². The number of ketones is 1. The first-order valence-corrected chi connectivity index (χ1v) is 14.6. The first kappa shape index (κ1) is 27.9. The van der Waals surface area contributed by atoms with Crippen LogP contribution in [0.1, 0.15) is 73.4 Å². The van der Waals surface area contributed by atoms with Crippen LogP contribution < -0.4 is 4.74 Å². The molecular formula is C32H39N3O5. The van der Waals surface area contributed by atoms with E-state index in [-0.39, 0.29) is 37.1 Å². The number of amides is 3. The van der Waals surface area contributed by atoms with Gasteiger partial charge in [0, 0.05) is 25.1 Å². The van der Waals surface area contributed by atoms with E-state index in [9.17, 15) is 19.2 Å². The number of carbonyl (C=O) groups is 4. The third-order valence-corrected chi connectivity index (χ3v) is 8.66. The number of ether oxygens (including phenoxy) is 1. The molecular weight excluding hydrogens is 506 g/mol. The molecule has 0 N–H and O–H groups in total. The van der Waals surface area contributed by atoms with Gasteiger partial charge in [0.15, 0.2) is 5.78 Å². The van der Waals surface area contributed by atoms with Gasteiger partial charge in [0.25, 0.3) is 0 Å². The number of aryl methyl sites for hydroxylation is 1. The first-order chi connectivity index (χ1) is 19.3. The molecule has 0 spiro atoms. The molecule has 2 aliphatic heterocycles. The molecule has 3 fully saturated rings. The monoisotopic (exact) mass is 545 g/mol. The van der Waals surface area contributed by atoms with Crippen LogP contribution in [0.4, 0.5) is 4.79 Å². The van der Waals surface area contributed by atoms with Crippen molar-refractivity contribution in [3.05, 3.63) is 65.2 Å². The first-order valence-electron chi connectivity index (χ1n) is 14.6. The highest BCUT2D eigenvalue weighted by atomic mass is 16.6. The Morgan fingerprint density at radius 3 is 2.45 bits per heavy atom. The van der Waals surface area contributed by atoms with Crippen molar-refractivity contribution in [2.24, 2.45) is 5.92 Å². The van der Waals surface area contributed by atoms with Crippen LogP contribution in [0.5, 0.6) is 5.75 Å². The Morgan fingerprint density at radius 1 is 1.00 bits per heavy atom. The van der Waals surface area contributed by atoms with Gasteiger partial charge in [0.2, 0.25) is 11.8 Å². The van der Waals surface area contributed by atoms with Gasteiger partial charge in [0.1, 0.15) is 18.0 Å². The van der Waals surface area contributed by atoms with Crippen molar-refractivity contribution in [1.29, 1.82) is 0 Å². The minimum atomic E-state index is -0.576. The number of carbonyl (C=O) groups excluding carboxylic acids is 4. The van der Waals surface area contributed by atoms with Gasteiger partial charge in [-0.05, 0) is 61.9 Å². The lowest BCUT2D eigenvalue weighted by molar-refractivity contribution is -0.168. The molecule has 1 saturated carbocycles. The molecule has 0 radical (unpaired) electrons. The average Bonchev–Trinajstić information content (AvgIpc) is 2.95. The van der Waals surface area contributed by atoms with Crippen molar-refractivity contribution >= 4 is 23.7 Å². The number of hydrogen-bond acceptors (Lipinski definition) is 5. The van der Waals surface area contributed by atoms with Crippen molar-refractivity contribution in [3.63, 3.8) is 0 Å². The summed E-state index contributed by atoms with van der Waals surface area (Å²) in [6.07, 6.45) is 6.04. The molecule has 2 atom stereocenters. The summed E-state index contributed by atoms with van der Waals surface area (Å²) in [5, 5.41) is 0. The highest BCUT2D eigenvalue weighted by molar-refractivity contribution is 5.94. The molecule has 2 heterocycles. The molecule has 0 aromatic heterocycles. The minimum Gasteiger partial charge on any atom is -0.410 e. The Hall–Kier alpha value is -3.68. The zero-order valence-electron chi connectivity index (χ0n) is 23.5. The minimum absolute atomic E-state index is 0.0167. The van der Waals surface area contributed by atoms with Crippen LogP contribution >= 0.6 is 0 Å². The van der Waals surface area contributed by atoms with Gasteiger partial charge in [-0.15, -0.1) is 0 Å². The van der Waals surface area contributed by atoms with Crippen LogP contribution in [-0.2, 0) is 16.0 Å². The van der Waals surface area contributed by atoms with Crippen molar-refractivity contribution in [3.8, 4) is 5.75 Å². The zero-order chi connectivity index (χ0) is 28.2. The lowest BCUT2D eigenvalue weighted by atomic mass is 9.83. The van der Waals surface area contributed by atoms with Crippen LogP contribution in [0.15, 0.2) is 48.5 Å². The number of fused-ring (bicyclic) bond motifs is 1. The largest absolute Gasteiger partial charge is 0.416 e. The Morgan fingerprint density at radius 2 is 1.75 bits per heavy atom. The molecule has 2 saturated heterocycles. The van der Waals surface area contributed by atoms with E-state index in [1.165, 1.54) is 13.3 Å². The van der Waals surface area contributed by atoms with Gasteiger partial charge in [-0.1, -0.05) is 62.4 Å². The third kappa shape index (κ3) is 6.06. The Balaban J connectivity index is 1.39. The van der Waals surface area contributed by atoms with E-state index in [0.29, 0.717) is 42.2 Å². The van der Waals surface area contributed by atoms with E-state index < -0.39 is 18.3 Å². The highest BCUT2D eigenvalue weighted by Crippen LogP contribution is 2.34. The summed E-state index contributed by atoms with van der Waals surface area (Å²) in [6, 6.07) is 14.5. The van der Waals surface area contributed by atoms with Crippen LogP contribution in [-0.4, -0.2) is 70.2 Å². The summed E-state index contributed by atoms with van der Waals surface area (Å²) in [4.78, 5) is 57.7. The Bertz CT molecular complexity index is 1260. The van der Waals surface area contributed by atoms with E-state index in [1.54, 1.807) is 34.9 Å². The zero-order valence-corrected chi connectivity index (χ0v) is 23.5. The maximum atomic E-state index is 13.9. The average molecular weight is 546 g/mol. The fourth-order valence-corrected chi connectivity index (χ4v) is 6.41. The van der Waals surface area contributed by atoms with Gasteiger partial charge in [0.05, 0.1) is 6.54 Å². The maximum absolute atomic E-state index is 13.9. The summed E-state index contributed by atoms with van der Waals surface area (Å²) in [5.41, 5.74) is 2.38. The molecule has 8 nitrogen and oxygen atoms in total. The molecule has 5 rings (SSSR count). The van der Waals surface area contributed by atoms with Crippen LogP contribution in [0, 0.1) is 12.8 Å². The second-order valence-electron chi connectivity index (χ2n) is 11.4. The quantitative estimate of drug-likeness (QED) is 0.458. The van der Waals surface area contributed by atoms with Gasteiger partial charge in [-0.3, -0.25) is 19.3 Å². The SMILES string of the molecule is CC(=O)c1ccc(OC(=O)N2CCC(=O)N3[C@@H]2CN(CCc2ccccc2)C(=O)[C@@H]3CC2CCCCC2)c(C)c1. The Kier molecular flexibility index (Phi) is 8.52. The topological polar surface area (TPSA) is 87.2 Å². The molecule has 8 heteroatoms. The second kappa shape index (κ2) is 12.2. The van der Waals surface area contributed by atoms with Crippen LogP contribution in [0.3, 0.4) is 0 Å². The van der Waals surface area contributed by atoms with Crippen molar-refractivity contribution in [2.45, 2.75) is 77.4 Å². The molecule has 3 amide bonds. The molecule has 3 aliphatic rings. The van der Waals surface area contributed by atoms with Crippen molar-refractivity contribution < 1.29 is 23.9 Å². The molecule has 40 heavy (non-hydrogen) atoms. The second-order valence-corrected chi connectivity index (χ2v) is 11.4. The Labute approximate surface area is 236 Å². The predicted octanol–water partition coefficient (Wildman–Crippen LogP) is 4.98. The normalized spacial score (nSPS) is 21.8. The van der Waals surface area contributed by atoms with E-state index in [4.69, 9.17) is 4.74 Å². The molecule has 0 unspecified atom stereocenters. The number of piperazine rings is 1. The van der Waals surface area contributed by atoms with Crippen LogP contribution in [0.2, 0.25) is 0 Å². The fourth-order valence-electron chi connectivity index (χ4n) is 6.41. The van der Waals surface area contributed by atoms with Gasteiger partial charge < -0.3 is 14.5 Å². The summed E-state index contributed by atoms with van der Waals surface area (Å²) in [6.45, 7) is 4.32. The highest BCUT2D eigenvalue weighted by Gasteiger charge is 2.49. The van der Waals surface area contributed by atoms with Crippen molar-refractivity contribution in [2.75, 3.05) is 19.6 Å². The maximum Gasteiger partial charge on any atom is 0.416 e. The summed E-state index contributed by atoms with van der Waals surface area (Å²) in [5.74, 6) is 0.627. The van der Waals surface area contributed by atoms with Crippen LogP contribution in [0.25, 0.3) is 0 Å². The third-order valence-electron chi connectivity index (χ3n) is 8.66. The predicted molar refractivity (Wildman–Crippen MR) is 151 cm³/mol. The van der Waals surface area contributed by atoms with E-state index in [0.717, 1.165) is 31.2 Å². The number of benzene rings is 2. The standard InChI is InChI=1S/C32H39N3O5/c1-22-19-26(23(2)36)13-14-28(22)40-32(39)34-18-16-30(37)35-27(20-25-11-7-4-8-12-25)31(38)33(21-29(34)35)17-15-24-9-5-3-6-10-24/h3,5-6,9-10,13-14,19,25,27,29H,4,7-8,11-12,15-18,20-21H2,1-2H3/t27-,29+/m0/s1. The molecule has 2 aromatic carbocycles. The lowest BCUT2D eigenvalue weighted by Gasteiger charge is -2.52. The number of hydrogen-bond donors (Lipinski definition) is 0. The van der Waals surface area contributed by atoms with E-state index in [1.807, 2.05) is 35.2 Å². The summed E-state index contributed by atoms with van der Waals surface area (Å²) >= 11 is 0. The number of Topliss-reactive ketones (excluding diaryl/α,β-unsaturated/α-hetero) is 1. The summed E-state index contributed by atoms with van der Waals surface area (Å²) < 4.78 is 5.81. The molecule has 212 valence electrons. The number of rotatable bonds is 7. The van der Waals surface area contributed by atoms with Gasteiger partial charge in [-0.25, -0.2) is 4.79 Å². The molecule has 1 aliphatic carbocycles.